The summed E-state index contributed by atoms with van der Waals surface area (Å²) in [5.41, 5.74) is 21.3. The van der Waals surface area contributed by atoms with Crippen molar-refractivity contribution in [1.29, 1.82) is 0 Å². The SMILES string of the molecule is CC1(C)c2ccccc2-c2c1ccc1c(-c3c4ccccc4c(-c4ccc(-n5c6c(c7ccccc75)CCC=C6)cc4)c4ccccc34)cc3c(c21)-c1ccccc1C3(C)C. The van der Waals surface area contributed by atoms with E-state index in [2.05, 4.69) is 208 Å². The molecule has 0 aliphatic heterocycles. The molecule has 13 rings (SSSR count). The van der Waals surface area contributed by atoms with Crippen LogP contribution in [0.25, 0.3) is 99.5 Å². The van der Waals surface area contributed by atoms with Gasteiger partial charge in [0.05, 0.1) is 5.52 Å². The smallest absolute Gasteiger partial charge is 0.0537 e. The second kappa shape index (κ2) is 12.3. The van der Waals surface area contributed by atoms with Crippen LogP contribution < -0.4 is 0 Å². The van der Waals surface area contributed by atoms with Gasteiger partial charge in [0.1, 0.15) is 0 Å². The number of nitrogens with zero attached hydrogens (tertiary/aromatic N) is 1. The molecule has 3 aliphatic carbocycles. The molecule has 0 unspecified atom stereocenters. The predicted octanol–water partition coefficient (Wildman–Crippen LogP) is 16.0. The summed E-state index contributed by atoms with van der Waals surface area (Å²) in [6, 6.07) is 62.4. The van der Waals surface area contributed by atoms with E-state index in [0.29, 0.717) is 0 Å². The van der Waals surface area contributed by atoms with Crippen molar-refractivity contribution >= 4 is 49.3 Å². The monoisotopic (exact) mass is 779 g/mol. The molecule has 61 heavy (non-hydrogen) atoms. The normalized spacial score (nSPS) is 15.3. The Morgan fingerprint density at radius 2 is 0.967 bits per heavy atom. The van der Waals surface area contributed by atoms with Gasteiger partial charge in [-0.1, -0.05) is 173 Å². The molecule has 10 aromatic rings. The van der Waals surface area contributed by atoms with E-state index < -0.39 is 0 Å². The van der Waals surface area contributed by atoms with Gasteiger partial charge in [0.25, 0.3) is 0 Å². The highest BCUT2D eigenvalue weighted by molar-refractivity contribution is 6.26. The molecule has 0 N–H and O–H groups in total. The van der Waals surface area contributed by atoms with Crippen LogP contribution in [0.1, 0.15) is 67.6 Å². The number of aromatic nitrogens is 1. The second-order valence-corrected chi connectivity index (χ2v) is 18.6. The molecule has 0 radical (unpaired) electrons. The highest BCUT2D eigenvalue weighted by atomic mass is 15.0. The van der Waals surface area contributed by atoms with Crippen LogP contribution in [0.15, 0.2) is 170 Å². The zero-order chi connectivity index (χ0) is 40.8. The quantitative estimate of drug-likeness (QED) is 0.157. The molecule has 3 aliphatic rings. The first-order chi connectivity index (χ1) is 29.8. The Labute approximate surface area is 357 Å². The summed E-state index contributed by atoms with van der Waals surface area (Å²) >= 11 is 0. The topological polar surface area (TPSA) is 4.93 Å². The average molecular weight is 780 g/mol. The Hall–Kier alpha value is -6.96. The van der Waals surface area contributed by atoms with Gasteiger partial charge in [-0.25, -0.2) is 0 Å². The fourth-order valence-corrected chi connectivity index (χ4v) is 12.1. The summed E-state index contributed by atoms with van der Waals surface area (Å²) < 4.78 is 2.46. The van der Waals surface area contributed by atoms with E-state index in [1.165, 1.54) is 127 Å². The maximum atomic E-state index is 2.58. The number of benzene rings is 9. The van der Waals surface area contributed by atoms with Crippen molar-refractivity contribution in [2.45, 2.75) is 51.4 Å². The lowest BCUT2D eigenvalue weighted by molar-refractivity contribution is 0.660. The molecule has 1 heterocycles. The Balaban J connectivity index is 1.10. The summed E-state index contributed by atoms with van der Waals surface area (Å²) in [4.78, 5) is 0. The molecule has 0 saturated carbocycles. The minimum atomic E-state index is -0.168. The third-order valence-electron chi connectivity index (χ3n) is 14.9. The highest BCUT2D eigenvalue weighted by Gasteiger charge is 2.42. The summed E-state index contributed by atoms with van der Waals surface area (Å²) in [5.74, 6) is 0. The molecule has 0 fully saturated rings. The van der Waals surface area contributed by atoms with Crippen LogP contribution in [0.3, 0.4) is 0 Å². The van der Waals surface area contributed by atoms with Crippen LogP contribution in [0, 0.1) is 0 Å². The molecule has 0 spiro atoms. The van der Waals surface area contributed by atoms with Crippen molar-refractivity contribution in [2.24, 2.45) is 0 Å². The maximum Gasteiger partial charge on any atom is 0.0537 e. The molecule has 1 aromatic heterocycles. The van der Waals surface area contributed by atoms with E-state index in [4.69, 9.17) is 0 Å². The standard InChI is InChI=1S/C60H45N/c1-59(2)48-25-13-9-23-45(48)56-50(59)34-33-44-47(35-51-57(58(44)56)46-24-10-14-26-49(46)60(51,3)4)55-42-21-7-5-19-40(42)54(41-20-6-8-22-43(41)55)36-29-31-37(32-30-36)61-52-27-15-11-17-38(52)39-18-12-16-28-53(39)61/h5-11,13-17,19-35H,12,18H2,1-4H3. The fourth-order valence-electron chi connectivity index (χ4n) is 12.1. The van der Waals surface area contributed by atoms with Gasteiger partial charge in [-0.2, -0.15) is 0 Å². The lowest BCUT2D eigenvalue weighted by atomic mass is 9.77. The van der Waals surface area contributed by atoms with E-state index in [1.54, 1.807) is 0 Å². The van der Waals surface area contributed by atoms with Gasteiger partial charge in [-0.3, -0.25) is 0 Å². The van der Waals surface area contributed by atoms with Crippen molar-refractivity contribution in [3.05, 3.63) is 203 Å². The number of aryl methyl sites for hydroxylation is 1. The van der Waals surface area contributed by atoms with E-state index in [0.717, 1.165) is 12.8 Å². The molecule has 9 aromatic carbocycles. The van der Waals surface area contributed by atoms with Gasteiger partial charge in [-0.05, 0) is 148 Å². The Morgan fingerprint density at radius 1 is 0.426 bits per heavy atom. The van der Waals surface area contributed by atoms with Gasteiger partial charge in [0.15, 0.2) is 0 Å². The first-order valence-corrected chi connectivity index (χ1v) is 22.0. The summed E-state index contributed by atoms with van der Waals surface area (Å²) in [6.45, 7) is 9.67. The molecule has 1 nitrogen and oxygen atoms in total. The number of allylic oxidation sites excluding steroid dienone is 1. The van der Waals surface area contributed by atoms with Gasteiger partial charge >= 0.3 is 0 Å². The van der Waals surface area contributed by atoms with Crippen molar-refractivity contribution in [1.82, 2.24) is 4.57 Å². The van der Waals surface area contributed by atoms with Crippen LogP contribution in [-0.2, 0) is 17.3 Å². The van der Waals surface area contributed by atoms with E-state index in [1.807, 2.05) is 0 Å². The molecular formula is C60H45N. The van der Waals surface area contributed by atoms with Crippen molar-refractivity contribution in [2.75, 3.05) is 0 Å². The van der Waals surface area contributed by atoms with Crippen LogP contribution in [0.2, 0.25) is 0 Å². The number of fused-ring (bicyclic) bond motifs is 14. The minimum Gasteiger partial charge on any atom is -0.310 e. The molecular weight excluding hydrogens is 735 g/mol. The molecule has 0 bridgehead atoms. The zero-order valence-corrected chi connectivity index (χ0v) is 35.1. The molecule has 0 saturated heterocycles. The van der Waals surface area contributed by atoms with E-state index in [9.17, 15) is 0 Å². The van der Waals surface area contributed by atoms with Gasteiger partial charge in [0, 0.05) is 27.6 Å². The predicted molar refractivity (Wildman–Crippen MR) is 259 cm³/mol. The zero-order valence-electron chi connectivity index (χ0n) is 35.1. The summed E-state index contributed by atoms with van der Waals surface area (Å²) in [7, 11) is 0. The van der Waals surface area contributed by atoms with Crippen LogP contribution in [0.5, 0.6) is 0 Å². The van der Waals surface area contributed by atoms with Crippen LogP contribution in [0.4, 0.5) is 0 Å². The van der Waals surface area contributed by atoms with Crippen molar-refractivity contribution in [3.8, 4) is 50.2 Å². The summed E-state index contributed by atoms with van der Waals surface area (Å²) in [6.07, 6.45) is 6.82. The largest absolute Gasteiger partial charge is 0.310 e. The van der Waals surface area contributed by atoms with Gasteiger partial charge in [-0.15, -0.1) is 0 Å². The van der Waals surface area contributed by atoms with Crippen molar-refractivity contribution in [3.63, 3.8) is 0 Å². The van der Waals surface area contributed by atoms with Crippen molar-refractivity contribution < 1.29 is 0 Å². The first-order valence-electron chi connectivity index (χ1n) is 22.0. The number of rotatable bonds is 3. The lowest BCUT2D eigenvalue weighted by Crippen LogP contribution is -2.15. The fraction of sp³-hybridized carbons (Fsp3) is 0.133. The number of para-hydroxylation sites is 1. The Bertz CT molecular complexity index is 3490. The van der Waals surface area contributed by atoms with Crippen LogP contribution >= 0.6 is 0 Å². The molecule has 1 heteroatoms. The average Bonchev–Trinajstić information content (AvgIpc) is 3.85. The number of hydrogen-bond acceptors (Lipinski definition) is 0. The second-order valence-electron chi connectivity index (χ2n) is 18.6. The third-order valence-corrected chi connectivity index (χ3v) is 14.9. The highest BCUT2D eigenvalue weighted by Crippen LogP contribution is 2.60. The minimum absolute atomic E-state index is 0.0995. The molecule has 0 amide bonds. The van der Waals surface area contributed by atoms with Gasteiger partial charge < -0.3 is 4.57 Å². The Morgan fingerprint density at radius 3 is 1.62 bits per heavy atom. The van der Waals surface area contributed by atoms with E-state index in [-0.39, 0.29) is 10.8 Å². The third kappa shape index (κ3) is 4.56. The number of hydrogen-bond donors (Lipinski definition) is 0. The Kier molecular flexibility index (Phi) is 7.03. The first kappa shape index (κ1) is 34.9. The maximum absolute atomic E-state index is 2.58. The summed E-state index contributed by atoms with van der Waals surface area (Å²) in [5, 5.41) is 9.20. The van der Waals surface area contributed by atoms with Crippen LogP contribution in [-0.4, -0.2) is 4.57 Å². The van der Waals surface area contributed by atoms with E-state index >= 15 is 0 Å². The molecule has 0 atom stereocenters. The lowest BCUT2D eigenvalue weighted by Gasteiger charge is -2.26. The molecule has 290 valence electrons. The van der Waals surface area contributed by atoms with Gasteiger partial charge in [0.2, 0.25) is 0 Å².